The van der Waals surface area contributed by atoms with Crippen LogP contribution in [0.25, 0.3) is 0 Å². The van der Waals surface area contributed by atoms with Crippen molar-refractivity contribution >= 4 is 0 Å². The zero-order chi connectivity index (χ0) is 26.9. The Labute approximate surface area is 232 Å². The first-order valence-electron chi connectivity index (χ1n) is 16.4. The SMILES string of the molecule is CCCCc1cc(CCCC)c(Cc2c(CCCC)cc(CCCC)cc2CCCC)c(CCCC)c1. The molecule has 0 aliphatic carbocycles. The van der Waals surface area contributed by atoms with Gasteiger partial charge in [-0.15, -0.1) is 0 Å². The molecule has 37 heavy (non-hydrogen) atoms. The summed E-state index contributed by atoms with van der Waals surface area (Å²) in [6.07, 6.45) is 24.1. The predicted octanol–water partition coefficient (Wildman–Crippen LogP) is 11.3. The highest BCUT2D eigenvalue weighted by Crippen LogP contribution is 2.31. The highest BCUT2D eigenvalue weighted by molar-refractivity contribution is 5.48. The first kappa shape index (κ1) is 31.7. The molecule has 208 valence electrons. The van der Waals surface area contributed by atoms with Crippen molar-refractivity contribution in [3.8, 4) is 0 Å². The Balaban J connectivity index is 2.64. The summed E-state index contributed by atoms with van der Waals surface area (Å²) in [5.74, 6) is 0. The molecule has 0 nitrogen and oxygen atoms in total. The second kappa shape index (κ2) is 18.7. The minimum Gasteiger partial charge on any atom is -0.0654 e. The first-order chi connectivity index (χ1) is 18.1. The maximum atomic E-state index is 2.61. The lowest BCUT2D eigenvalue weighted by Gasteiger charge is -2.22. The molecule has 0 amide bonds. The van der Waals surface area contributed by atoms with Gasteiger partial charge in [-0.2, -0.15) is 0 Å². The van der Waals surface area contributed by atoms with Crippen molar-refractivity contribution in [1.29, 1.82) is 0 Å². The van der Waals surface area contributed by atoms with Gasteiger partial charge >= 0.3 is 0 Å². The van der Waals surface area contributed by atoms with Gasteiger partial charge in [0.15, 0.2) is 0 Å². The summed E-state index contributed by atoms with van der Waals surface area (Å²) >= 11 is 0. The number of unbranched alkanes of at least 4 members (excludes halogenated alkanes) is 6. The molecule has 0 aliphatic heterocycles. The Morgan fingerprint density at radius 3 is 0.838 bits per heavy atom. The van der Waals surface area contributed by atoms with Crippen LogP contribution in [-0.2, 0) is 44.9 Å². The lowest BCUT2D eigenvalue weighted by molar-refractivity contribution is 0.743. The molecule has 0 atom stereocenters. The van der Waals surface area contributed by atoms with E-state index in [9.17, 15) is 0 Å². The van der Waals surface area contributed by atoms with E-state index in [0.717, 1.165) is 6.42 Å². The molecule has 0 N–H and O–H groups in total. The van der Waals surface area contributed by atoms with Crippen molar-refractivity contribution in [2.24, 2.45) is 0 Å². The lowest BCUT2D eigenvalue weighted by Crippen LogP contribution is -2.09. The predicted molar refractivity (Wildman–Crippen MR) is 167 cm³/mol. The minimum atomic E-state index is 1.15. The van der Waals surface area contributed by atoms with Crippen LogP contribution in [0.2, 0.25) is 0 Å². The third kappa shape index (κ3) is 10.6. The highest BCUT2D eigenvalue weighted by Gasteiger charge is 2.17. The Morgan fingerprint density at radius 1 is 0.351 bits per heavy atom. The van der Waals surface area contributed by atoms with Crippen molar-refractivity contribution in [3.63, 3.8) is 0 Å². The fourth-order valence-corrected chi connectivity index (χ4v) is 5.78. The van der Waals surface area contributed by atoms with Crippen LogP contribution in [-0.4, -0.2) is 0 Å². The van der Waals surface area contributed by atoms with Gasteiger partial charge < -0.3 is 0 Å². The van der Waals surface area contributed by atoms with Crippen LogP contribution in [0.5, 0.6) is 0 Å². The van der Waals surface area contributed by atoms with Gasteiger partial charge in [0.1, 0.15) is 0 Å². The van der Waals surface area contributed by atoms with Gasteiger partial charge in [-0.1, -0.05) is 104 Å². The van der Waals surface area contributed by atoms with E-state index in [1.54, 1.807) is 44.5 Å². The molecular weight excluding hydrogens is 444 g/mol. The summed E-state index contributed by atoms with van der Waals surface area (Å²) in [5.41, 5.74) is 13.2. The molecule has 2 aromatic carbocycles. The molecule has 0 bridgehead atoms. The third-order valence-corrected chi connectivity index (χ3v) is 8.18. The van der Waals surface area contributed by atoms with E-state index in [1.807, 2.05) is 0 Å². The highest BCUT2D eigenvalue weighted by atomic mass is 14.2. The van der Waals surface area contributed by atoms with Crippen molar-refractivity contribution in [2.75, 3.05) is 0 Å². The molecule has 0 fully saturated rings. The molecule has 2 rings (SSSR count). The fourth-order valence-electron chi connectivity index (χ4n) is 5.78. The molecule has 0 radical (unpaired) electrons. The smallest absolute Gasteiger partial charge is 0.00148 e. The molecule has 0 saturated carbocycles. The van der Waals surface area contributed by atoms with Crippen LogP contribution < -0.4 is 0 Å². The van der Waals surface area contributed by atoms with Gasteiger partial charge in [-0.25, -0.2) is 0 Å². The van der Waals surface area contributed by atoms with E-state index in [-0.39, 0.29) is 0 Å². The minimum absolute atomic E-state index is 1.15. The van der Waals surface area contributed by atoms with Crippen LogP contribution in [0, 0.1) is 0 Å². The number of rotatable bonds is 20. The molecular formula is C37H60. The van der Waals surface area contributed by atoms with Crippen LogP contribution in [0.4, 0.5) is 0 Å². The van der Waals surface area contributed by atoms with Crippen LogP contribution in [0.15, 0.2) is 24.3 Å². The normalized spacial score (nSPS) is 11.4. The van der Waals surface area contributed by atoms with E-state index in [2.05, 4.69) is 65.8 Å². The molecule has 2 aromatic rings. The van der Waals surface area contributed by atoms with E-state index in [4.69, 9.17) is 0 Å². The van der Waals surface area contributed by atoms with Gasteiger partial charge in [0.2, 0.25) is 0 Å². The molecule has 0 spiro atoms. The topological polar surface area (TPSA) is 0 Å². The zero-order valence-electron chi connectivity index (χ0n) is 25.7. The summed E-state index contributed by atoms with van der Waals surface area (Å²) in [5, 5.41) is 0. The van der Waals surface area contributed by atoms with Gasteiger partial charge in [0.05, 0.1) is 0 Å². The summed E-state index contributed by atoms with van der Waals surface area (Å²) in [4.78, 5) is 0. The molecule has 0 heterocycles. The number of hydrogen-bond donors (Lipinski definition) is 0. The van der Waals surface area contributed by atoms with E-state index >= 15 is 0 Å². The third-order valence-electron chi connectivity index (χ3n) is 8.18. The van der Waals surface area contributed by atoms with Crippen molar-refractivity contribution in [2.45, 2.75) is 164 Å². The Morgan fingerprint density at radius 2 is 0.595 bits per heavy atom. The van der Waals surface area contributed by atoms with E-state index in [1.165, 1.54) is 116 Å². The van der Waals surface area contributed by atoms with E-state index in [0.29, 0.717) is 0 Å². The maximum Gasteiger partial charge on any atom is -0.00148 e. The summed E-state index contributed by atoms with van der Waals surface area (Å²) in [6.45, 7) is 14.0. The number of benzene rings is 2. The zero-order valence-corrected chi connectivity index (χ0v) is 25.7. The standard InChI is InChI=1S/C37H60/c1-7-13-19-30-25-32(21-15-9-3)36(33(26-30)22-16-10-4)29-37-34(23-17-11-5)27-31(20-14-8-2)28-35(37)24-18-12-6/h25-28H,7-24,29H2,1-6H3. The molecule has 0 aliphatic rings. The summed E-state index contributed by atoms with van der Waals surface area (Å²) < 4.78 is 0. The average Bonchev–Trinajstić information content (AvgIpc) is 2.92. The number of aryl methyl sites for hydroxylation is 6. The van der Waals surface area contributed by atoms with Gasteiger partial charge in [0, 0.05) is 0 Å². The second-order valence-corrected chi connectivity index (χ2v) is 11.6. The van der Waals surface area contributed by atoms with Crippen molar-refractivity contribution in [1.82, 2.24) is 0 Å². The van der Waals surface area contributed by atoms with Gasteiger partial charge in [0.25, 0.3) is 0 Å². The van der Waals surface area contributed by atoms with Crippen LogP contribution in [0.1, 0.15) is 163 Å². The lowest BCUT2D eigenvalue weighted by atomic mass is 9.82. The Bertz CT molecular complexity index is 755. The van der Waals surface area contributed by atoms with Crippen molar-refractivity contribution < 1.29 is 0 Å². The molecule has 0 unspecified atom stereocenters. The summed E-state index contributed by atoms with van der Waals surface area (Å²) in [6, 6.07) is 10.5. The monoisotopic (exact) mass is 504 g/mol. The molecule has 0 saturated heterocycles. The fraction of sp³-hybridized carbons (Fsp3) is 0.676. The second-order valence-electron chi connectivity index (χ2n) is 11.6. The summed E-state index contributed by atoms with van der Waals surface area (Å²) in [7, 11) is 0. The molecule has 0 heteroatoms. The van der Waals surface area contributed by atoms with Crippen LogP contribution in [0.3, 0.4) is 0 Å². The molecule has 0 aromatic heterocycles. The largest absolute Gasteiger partial charge is 0.0654 e. The maximum absolute atomic E-state index is 2.61. The van der Waals surface area contributed by atoms with Gasteiger partial charge in [-0.05, 0) is 128 Å². The Hall–Kier alpha value is -1.56. The quantitative estimate of drug-likeness (QED) is 0.168. The average molecular weight is 505 g/mol. The van der Waals surface area contributed by atoms with E-state index < -0.39 is 0 Å². The van der Waals surface area contributed by atoms with Gasteiger partial charge in [-0.3, -0.25) is 0 Å². The number of hydrogen-bond acceptors (Lipinski definition) is 0. The Kier molecular flexibility index (Phi) is 16.0. The van der Waals surface area contributed by atoms with Crippen LogP contribution >= 0.6 is 0 Å². The first-order valence-corrected chi connectivity index (χ1v) is 16.4. The van der Waals surface area contributed by atoms with Crippen molar-refractivity contribution in [3.05, 3.63) is 68.8 Å².